The highest BCUT2D eigenvalue weighted by molar-refractivity contribution is 6.31. The van der Waals surface area contributed by atoms with Crippen LogP contribution in [0.15, 0.2) is 36.4 Å². The third-order valence-electron chi connectivity index (χ3n) is 4.22. The smallest absolute Gasteiger partial charge is 0.239 e. The lowest BCUT2D eigenvalue weighted by atomic mass is 9.90. The number of carbonyl (C=O) groups is 2. The zero-order valence-electron chi connectivity index (χ0n) is 15.2. The molecule has 0 radical (unpaired) electrons. The normalized spacial score (nSPS) is 11.1. The highest BCUT2D eigenvalue weighted by Crippen LogP contribution is 2.26. The van der Waals surface area contributed by atoms with Gasteiger partial charge in [0.05, 0.1) is 0 Å². The summed E-state index contributed by atoms with van der Waals surface area (Å²) in [7, 11) is 0. The third kappa shape index (κ3) is 4.40. The molecule has 0 aromatic heterocycles. The molecule has 132 valence electrons. The average Bonchev–Trinajstić information content (AvgIpc) is 2.54. The molecule has 0 aliphatic rings. The van der Waals surface area contributed by atoms with Crippen molar-refractivity contribution in [1.29, 1.82) is 0 Å². The van der Waals surface area contributed by atoms with E-state index in [-0.39, 0.29) is 11.8 Å². The van der Waals surface area contributed by atoms with Crippen LogP contribution >= 0.6 is 11.6 Å². The molecular weight excluding hydrogens is 336 g/mol. The lowest BCUT2D eigenvalue weighted by Gasteiger charge is -2.24. The number of aryl methyl sites for hydroxylation is 3. The Hall–Kier alpha value is -2.33. The summed E-state index contributed by atoms with van der Waals surface area (Å²) in [6, 6.07) is 11.1. The summed E-state index contributed by atoms with van der Waals surface area (Å²) in [5, 5.41) is 6.18. The molecule has 5 heteroatoms. The zero-order chi connectivity index (χ0) is 18.8. The molecule has 0 saturated heterocycles. The summed E-state index contributed by atoms with van der Waals surface area (Å²) in [5.41, 5.74) is 2.93. The average molecular weight is 359 g/mol. The van der Waals surface area contributed by atoms with E-state index in [1.54, 1.807) is 26.0 Å². The minimum absolute atomic E-state index is 0.363. The topological polar surface area (TPSA) is 58.2 Å². The van der Waals surface area contributed by atoms with Gasteiger partial charge in [0, 0.05) is 16.4 Å². The van der Waals surface area contributed by atoms with Crippen molar-refractivity contribution in [3.63, 3.8) is 0 Å². The van der Waals surface area contributed by atoms with Gasteiger partial charge >= 0.3 is 0 Å². The Kier molecular flexibility index (Phi) is 5.53. The van der Waals surface area contributed by atoms with Crippen molar-refractivity contribution in [2.45, 2.75) is 34.6 Å². The summed E-state index contributed by atoms with van der Waals surface area (Å²) >= 11 is 5.99. The molecule has 4 nitrogen and oxygen atoms in total. The molecule has 2 N–H and O–H groups in total. The van der Waals surface area contributed by atoms with Crippen molar-refractivity contribution in [2.24, 2.45) is 5.41 Å². The second kappa shape index (κ2) is 7.28. The first kappa shape index (κ1) is 19.0. The van der Waals surface area contributed by atoms with Gasteiger partial charge < -0.3 is 10.6 Å². The van der Waals surface area contributed by atoms with Crippen molar-refractivity contribution in [1.82, 2.24) is 0 Å². The first-order valence-corrected chi connectivity index (χ1v) is 8.45. The maximum atomic E-state index is 12.7. The zero-order valence-corrected chi connectivity index (χ0v) is 15.9. The minimum atomic E-state index is -1.25. The number of carbonyl (C=O) groups excluding carboxylic acids is 2. The third-order valence-corrected chi connectivity index (χ3v) is 4.46. The van der Waals surface area contributed by atoms with Crippen LogP contribution in [0.4, 0.5) is 11.4 Å². The molecule has 0 heterocycles. The summed E-state index contributed by atoms with van der Waals surface area (Å²) in [5.74, 6) is -0.751. The van der Waals surface area contributed by atoms with Gasteiger partial charge in [0.15, 0.2) is 0 Å². The molecule has 0 spiro atoms. The predicted molar refractivity (Wildman–Crippen MR) is 103 cm³/mol. The van der Waals surface area contributed by atoms with Gasteiger partial charge in [0.1, 0.15) is 5.41 Å². The van der Waals surface area contributed by atoms with Gasteiger partial charge in [0.2, 0.25) is 11.8 Å². The van der Waals surface area contributed by atoms with Crippen LogP contribution < -0.4 is 10.6 Å². The Morgan fingerprint density at radius 3 is 1.88 bits per heavy atom. The van der Waals surface area contributed by atoms with Crippen LogP contribution in [0.1, 0.15) is 30.5 Å². The molecule has 0 fully saturated rings. The van der Waals surface area contributed by atoms with Crippen LogP contribution in [0.2, 0.25) is 5.02 Å². The van der Waals surface area contributed by atoms with Gasteiger partial charge in [-0.2, -0.15) is 0 Å². The van der Waals surface area contributed by atoms with Crippen LogP contribution in [0.25, 0.3) is 0 Å². The number of anilines is 2. The van der Waals surface area contributed by atoms with Gasteiger partial charge in [0.25, 0.3) is 0 Å². The van der Waals surface area contributed by atoms with Crippen LogP contribution in [0.3, 0.4) is 0 Å². The lowest BCUT2D eigenvalue weighted by Crippen LogP contribution is -2.41. The van der Waals surface area contributed by atoms with Crippen LogP contribution in [-0.4, -0.2) is 11.8 Å². The molecular formula is C20H23ClN2O2. The van der Waals surface area contributed by atoms with E-state index in [1.807, 2.05) is 45.0 Å². The highest BCUT2D eigenvalue weighted by atomic mass is 35.5. The second-order valence-electron chi connectivity index (χ2n) is 6.81. The molecule has 0 atom stereocenters. The standard InChI is InChI=1S/C20H23ClN2O2/c1-12-6-7-13(2)16(10-12)22-18(24)20(4,5)19(25)23-17-11-15(21)9-8-14(17)3/h6-11H,1-5H3,(H,22,24)(H,23,25). The highest BCUT2D eigenvalue weighted by Gasteiger charge is 2.36. The molecule has 2 amide bonds. The van der Waals surface area contributed by atoms with E-state index in [9.17, 15) is 9.59 Å². The van der Waals surface area contributed by atoms with E-state index in [0.717, 1.165) is 16.7 Å². The Morgan fingerprint density at radius 1 is 0.840 bits per heavy atom. The summed E-state index contributed by atoms with van der Waals surface area (Å²) in [4.78, 5) is 25.3. The molecule has 0 aliphatic carbocycles. The number of amides is 2. The summed E-state index contributed by atoms with van der Waals surface area (Å²) < 4.78 is 0. The molecule has 25 heavy (non-hydrogen) atoms. The Morgan fingerprint density at radius 2 is 1.32 bits per heavy atom. The Bertz CT molecular complexity index is 761. The van der Waals surface area contributed by atoms with E-state index in [2.05, 4.69) is 10.6 Å². The van der Waals surface area contributed by atoms with Crippen molar-refractivity contribution in [3.8, 4) is 0 Å². The van der Waals surface area contributed by atoms with E-state index in [1.165, 1.54) is 0 Å². The number of halogens is 1. The number of hydrogen-bond donors (Lipinski definition) is 2. The van der Waals surface area contributed by atoms with Gasteiger partial charge in [-0.1, -0.05) is 29.8 Å². The quantitative estimate of drug-likeness (QED) is 0.766. The minimum Gasteiger partial charge on any atom is -0.325 e. The van der Waals surface area contributed by atoms with Crippen molar-refractivity contribution < 1.29 is 9.59 Å². The number of nitrogens with one attached hydrogen (secondary N) is 2. The SMILES string of the molecule is Cc1ccc(C)c(NC(=O)C(C)(C)C(=O)Nc2cc(Cl)ccc2C)c1. The van der Waals surface area contributed by atoms with Gasteiger partial charge in [-0.05, 0) is 69.5 Å². The van der Waals surface area contributed by atoms with Crippen LogP contribution in [0.5, 0.6) is 0 Å². The fourth-order valence-electron chi connectivity index (χ4n) is 2.26. The van der Waals surface area contributed by atoms with E-state index in [0.29, 0.717) is 16.4 Å². The van der Waals surface area contributed by atoms with Crippen LogP contribution in [0, 0.1) is 26.2 Å². The predicted octanol–water partition coefficient (Wildman–Crippen LogP) is 4.87. The van der Waals surface area contributed by atoms with E-state index >= 15 is 0 Å². The van der Waals surface area contributed by atoms with Crippen molar-refractivity contribution in [3.05, 3.63) is 58.1 Å². The fraction of sp³-hybridized carbons (Fsp3) is 0.300. The largest absolute Gasteiger partial charge is 0.325 e. The molecule has 0 unspecified atom stereocenters. The first-order valence-electron chi connectivity index (χ1n) is 8.07. The van der Waals surface area contributed by atoms with Crippen molar-refractivity contribution in [2.75, 3.05) is 10.6 Å². The fourth-order valence-corrected chi connectivity index (χ4v) is 2.43. The number of benzene rings is 2. The molecule has 0 saturated carbocycles. The van der Waals surface area contributed by atoms with Gasteiger partial charge in [-0.15, -0.1) is 0 Å². The maximum Gasteiger partial charge on any atom is 0.239 e. The number of rotatable bonds is 4. The lowest BCUT2D eigenvalue weighted by molar-refractivity contribution is -0.135. The molecule has 2 rings (SSSR count). The maximum absolute atomic E-state index is 12.7. The van der Waals surface area contributed by atoms with Crippen molar-refractivity contribution >= 4 is 34.8 Å². The van der Waals surface area contributed by atoms with Crippen LogP contribution in [-0.2, 0) is 9.59 Å². The molecule has 0 aliphatic heterocycles. The molecule has 2 aromatic carbocycles. The molecule has 0 bridgehead atoms. The first-order chi connectivity index (χ1) is 11.6. The second-order valence-corrected chi connectivity index (χ2v) is 7.25. The summed E-state index contributed by atoms with van der Waals surface area (Å²) in [6.07, 6.45) is 0. The monoisotopic (exact) mass is 358 g/mol. The number of hydrogen-bond acceptors (Lipinski definition) is 2. The molecule has 2 aromatic rings. The summed E-state index contributed by atoms with van der Waals surface area (Å²) in [6.45, 7) is 8.94. The van der Waals surface area contributed by atoms with Gasteiger partial charge in [-0.25, -0.2) is 0 Å². The van der Waals surface area contributed by atoms with E-state index in [4.69, 9.17) is 11.6 Å². The Labute approximate surface area is 153 Å². The Balaban J connectivity index is 2.18. The van der Waals surface area contributed by atoms with E-state index < -0.39 is 5.41 Å². The van der Waals surface area contributed by atoms with Gasteiger partial charge in [-0.3, -0.25) is 9.59 Å².